The molecule has 0 fully saturated rings. The second-order valence-corrected chi connectivity index (χ2v) is 10.7. The summed E-state index contributed by atoms with van der Waals surface area (Å²) in [5.41, 5.74) is 2.91. The zero-order valence-corrected chi connectivity index (χ0v) is 24.9. The monoisotopic (exact) mass is 594 g/mol. The van der Waals surface area contributed by atoms with Crippen molar-refractivity contribution in [3.63, 3.8) is 0 Å². The maximum atomic E-state index is 13.3. The number of nitro benzene ring substituents is 1. The normalized spacial score (nSPS) is 11.2. The van der Waals surface area contributed by atoms with Crippen LogP contribution in [0.4, 0.5) is 11.4 Å². The van der Waals surface area contributed by atoms with Crippen molar-refractivity contribution in [1.82, 2.24) is 9.88 Å². The van der Waals surface area contributed by atoms with E-state index in [2.05, 4.69) is 22.2 Å². The molecule has 0 unspecified atom stereocenters. The Hall–Kier alpha value is -5.22. The fourth-order valence-corrected chi connectivity index (χ4v) is 5.38. The molecule has 0 saturated carbocycles. The number of hydrogen-bond donors (Lipinski definition) is 2. The van der Waals surface area contributed by atoms with Crippen LogP contribution in [0.5, 0.6) is 11.5 Å². The number of rotatable bonds is 12. The number of benzene rings is 4. The van der Waals surface area contributed by atoms with E-state index in [4.69, 9.17) is 9.47 Å². The molecule has 5 aromatic rings. The number of nitro groups is 1. The van der Waals surface area contributed by atoms with Gasteiger partial charge in [0.1, 0.15) is 5.52 Å². The van der Waals surface area contributed by atoms with Crippen molar-refractivity contribution in [2.45, 2.75) is 25.8 Å². The standard InChI is InChI=1S/C34H34N4O6/c1-37(21-23-15-18-29(43-2)30(20-23)44-3)19-5-4-8-22-13-16-24(17-14-22)35-34(40)27-11-6-9-25-31(27)36-32-26(33(25)39)10-7-12-28(32)38(41)42/h6-7,9-18,20H,4-5,8,19,21H2,1-3H3,(H,35,40)(H,36,39). The number of aromatic nitrogens is 1. The number of aromatic amines is 1. The predicted octanol–water partition coefficient (Wildman–Crippen LogP) is 6.31. The molecule has 0 radical (unpaired) electrons. The van der Waals surface area contributed by atoms with Gasteiger partial charge in [0.25, 0.3) is 11.6 Å². The number of nitrogens with one attached hydrogen (secondary N) is 2. The van der Waals surface area contributed by atoms with Crippen LogP contribution in [0.3, 0.4) is 0 Å². The number of fused-ring (bicyclic) bond motifs is 2. The highest BCUT2D eigenvalue weighted by atomic mass is 16.6. The summed E-state index contributed by atoms with van der Waals surface area (Å²) >= 11 is 0. The summed E-state index contributed by atoms with van der Waals surface area (Å²) in [4.78, 5) is 42.7. The zero-order valence-electron chi connectivity index (χ0n) is 24.9. The minimum atomic E-state index is -0.549. The first-order valence-corrected chi connectivity index (χ1v) is 14.3. The number of hydrogen-bond acceptors (Lipinski definition) is 7. The minimum Gasteiger partial charge on any atom is -0.493 e. The van der Waals surface area contributed by atoms with Crippen molar-refractivity contribution in [3.8, 4) is 11.5 Å². The van der Waals surface area contributed by atoms with E-state index in [-0.39, 0.29) is 38.5 Å². The van der Waals surface area contributed by atoms with E-state index in [1.54, 1.807) is 32.4 Å². The number of methoxy groups -OCH3 is 2. The highest BCUT2D eigenvalue weighted by Crippen LogP contribution is 2.28. The molecule has 5 rings (SSSR count). The summed E-state index contributed by atoms with van der Waals surface area (Å²) < 4.78 is 10.7. The Morgan fingerprint density at radius 2 is 1.57 bits per heavy atom. The third-order valence-corrected chi connectivity index (χ3v) is 7.66. The van der Waals surface area contributed by atoms with Gasteiger partial charge < -0.3 is 24.7 Å². The van der Waals surface area contributed by atoms with Crippen LogP contribution in [0.1, 0.15) is 34.3 Å². The van der Waals surface area contributed by atoms with Crippen molar-refractivity contribution in [3.05, 3.63) is 116 Å². The summed E-state index contributed by atoms with van der Waals surface area (Å²) in [5, 5.41) is 14.9. The van der Waals surface area contributed by atoms with Gasteiger partial charge in [-0.1, -0.05) is 30.3 Å². The third kappa shape index (κ3) is 6.55. The lowest BCUT2D eigenvalue weighted by molar-refractivity contribution is -0.383. The Labute approximate surface area is 254 Å². The van der Waals surface area contributed by atoms with Crippen molar-refractivity contribution >= 4 is 39.1 Å². The maximum absolute atomic E-state index is 13.3. The third-order valence-electron chi connectivity index (χ3n) is 7.66. The first-order chi connectivity index (χ1) is 21.3. The Morgan fingerprint density at radius 1 is 0.886 bits per heavy atom. The van der Waals surface area contributed by atoms with E-state index in [1.165, 1.54) is 23.8 Å². The molecule has 1 aromatic heterocycles. The highest BCUT2D eigenvalue weighted by molar-refractivity contribution is 6.13. The van der Waals surface area contributed by atoms with Crippen LogP contribution in [0.15, 0.2) is 83.7 Å². The van der Waals surface area contributed by atoms with Gasteiger partial charge >= 0.3 is 0 Å². The first-order valence-electron chi connectivity index (χ1n) is 14.3. The molecule has 0 bridgehead atoms. The maximum Gasteiger partial charge on any atom is 0.293 e. The van der Waals surface area contributed by atoms with Gasteiger partial charge in [0.2, 0.25) is 0 Å². The van der Waals surface area contributed by atoms with Crippen LogP contribution in [-0.4, -0.2) is 48.5 Å². The molecule has 226 valence electrons. The van der Waals surface area contributed by atoms with Gasteiger partial charge in [-0.25, -0.2) is 0 Å². The number of pyridine rings is 1. The van der Waals surface area contributed by atoms with Gasteiger partial charge in [-0.15, -0.1) is 0 Å². The van der Waals surface area contributed by atoms with Crippen molar-refractivity contribution < 1.29 is 19.2 Å². The number of H-pyrrole nitrogens is 1. The molecule has 10 nitrogen and oxygen atoms in total. The smallest absolute Gasteiger partial charge is 0.293 e. The summed E-state index contributed by atoms with van der Waals surface area (Å²) in [6, 6.07) is 22.8. The van der Waals surface area contributed by atoms with Gasteiger partial charge in [0, 0.05) is 23.7 Å². The average Bonchev–Trinajstić information content (AvgIpc) is 3.03. The Morgan fingerprint density at radius 3 is 2.27 bits per heavy atom. The van der Waals surface area contributed by atoms with Crippen LogP contribution in [0.2, 0.25) is 0 Å². The van der Waals surface area contributed by atoms with E-state index in [9.17, 15) is 19.7 Å². The Balaban J connectivity index is 1.19. The number of aryl methyl sites for hydroxylation is 1. The van der Waals surface area contributed by atoms with E-state index in [0.717, 1.165) is 49.4 Å². The van der Waals surface area contributed by atoms with E-state index in [1.807, 2.05) is 42.5 Å². The molecule has 4 aromatic carbocycles. The molecule has 0 atom stereocenters. The van der Waals surface area contributed by atoms with E-state index >= 15 is 0 Å². The molecule has 0 saturated heterocycles. The second kappa shape index (κ2) is 13.4. The number of carbonyl (C=O) groups excluding carboxylic acids is 1. The Bertz CT molecular complexity index is 1880. The van der Waals surface area contributed by atoms with Gasteiger partial charge in [-0.3, -0.25) is 19.7 Å². The van der Waals surface area contributed by atoms with Gasteiger partial charge in [0.05, 0.1) is 35.6 Å². The first kappa shape index (κ1) is 30.2. The van der Waals surface area contributed by atoms with Crippen molar-refractivity contribution in [1.29, 1.82) is 0 Å². The second-order valence-electron chi connectivity index (χ2n) is 10.7. The zero-order chi connectivity index (χ0) is 31.2. The van der Waals surface area contributed by atoms with Crippen molar-refractivity contribution in [2.24, 2.45) is 0 Å². The fraction of sp³-hybridized carbons (Fsp3) is 0.235. The van der Waals surface area contributed by atoms with Crippen LogP contribution in [0.25, 0.3) is 21.8 Å². The number of ether oxygens (including phenoxy) is 2. The molecule has 0 aliphatic carbocycles. The summed E-state index contributed by atoms with van der Waals surface area (Å²) in [6.07, 6.45) is 2.97. The molecule has 44 heavy (non-hydrogen) atoms. The quantitative estimate of drug-likeness (QED) is 0.0750. The van der Waals surface area contributed by atoms with Crippen LogP contribution in [-0.2, 0) is 13.0 Å². The summed E-state index contributed by atoms with van der Waals surface area (Å²) in [7, 11) is 5.37. The molecule has 0 aliphatic rings. The number of unbranched alkanes of at least 4 members (excludes halogenated alkanes) is 1. The van der Waals surface area contributed by atoms with Gasteiger partial charge in [0.15, 0.2) is 16.9 Å². The Kier molecular flexibility index (Phi) is 9.20. The van der Waals surface area contributed by atoms with Crippen LogP contribution >= 0.6 is 0 Å². The lowest BCUT2D eigenvalue weighted by atomic mass is 10.0. The molecular weight excluding hydrogens is 560 g/mol. The SMILES string of the molecule is COc1ccc(CN(C)CCCCc2ccc(NC(=O)c3cccc4c(=O)c5cccc([N+](=O)[O-])c5[nH]c34)cc2)cc1OC. The lowest BCUT2D eigenvalue weighted by Crippen LogP contribution is -2.19. The molecule has 2 N–H and O–H groups in total. The van der Waals surface area contributed by atoms with E-state index in [0.29, 0.717) is 5.69 Å². The molecule has 10 heteroatoms. The predicted molar refractivity (Wildman–Crippen MR) is 172 cm³/mol. The summed E-state index contributed by atoms with van der Waals surface area (Å²) in [6.45, 7) is 1.76. The minimum absolute atomic E-state index is 0.0896. The highest BCUT2D eigenvalue weighted by Gasteiger charge is 2.19. The number of para-hydroxylation sites is 2. The number of nitrogens with zero attached hydrogens (tertiary/aromatic N) is 2. The van der Waals surface area contributed by atoms with Gasteiger partial charge in [-0.05, 0) is 86.4 Å². The number of carbonyl (C=O) groups is 1. The van der Waals surface area contributed by atoms with Crippen LogP contribution in [0, 0.1) is 10.1 Å². The molecule has 1 heterocycles. The number of anilines is 1. The average molecular weight is 595 g/mol. The van der Waals surface area contributed by atoms with Gasteiger partial charge in [-0.2, -0.15) is 0 Å². The lowest BCUT2D eigenvalue weighted by Gasteiger charge is -2.18. The van der Waals surface area contributed by atoms with Crippen LogP contribution < -0.4 is 20.2 Å². The summed E-state index contributed by atoms with van der Waals surface area (Å²) in [5.74, 6) is 1.02. The molecule has 1 amide bonds. The largest absolute Gasteiger partial charge is 0.493 e. The molecule has 0 aliphatic heterocycles. The molecular formula is C34H34N4O6. The topological polar surface area (TPSA) is 127 Å². The number of amides is 1. The van der Waals surface area contributed by atoms with Crippen molar-refractivity contribution in [2.75, 3.05) is 33.1 Å². The van der Waals surface area contributed by atoms with E-state index < -0.39 is 10.8 Å². The molecule has 0 spiro atoms. The fourth-order valence-electron chi connectivity index (χ4n) is 5.38. The number of non-ortho nitro benzene ring substituents is 1.